The molecule has 0 aromatic heterocycles. The normalized spacial score (nSPS) is 9.15. The molecule has 0 bridgehead atoms. The van der Waals surface area contributed by atoms with Crippen LogP contribution in [0.25, 0.3) is 0 Å². The van der Waals surface area contributed by atoms with Crippen molar-refractivity contribution < 1.29 is 30.0 Å². The van der Waals surface area contributed by atoms with E-state index >= 15 is 0 Å². The van der Waals surface area contributed by atoms with Crippen molar-refractivity contribution in [3.63, 3.8) is 0 Å². The Morgan fingerprint density at radius 2 is 0.962 bits per heavy atom. The molecule has 4 N–H and O–H groups in total. The summed E-state index contributed by atoms with van der Waals surface area (Å²) in [6.45, 7) is 0.451. The molecule has 0 aliphatic carbocycles. The van der Waals surface area contributed by atoms with Gasteiger partial charge in [-0.15, -0.1) is 0 Å². The van der Waals surface area contributed by atoms with Crippen molar-refractivity contribution in [3.05, 3.63) is 71.8 Å². The average molecular weight is 399 g/mol. The molecule has 8 heteroatoms. The molecule has 0 fully saturated rings. The maximum atomic E-state index is 10.2. The Labute approximate surface area is 160 Å². The van der Waals surface area contributed by atoms with Gasteiger partial charge in [-0.05, 0) is 24.3 Å². The molecule has 2 aromatic carbocycles. The van der Waals surface area contributed by atoms with E-state index in [-0.39, 0.29) is 13.2 Å². The number of aromatic carboxylic acids is 2. The van der Waals surface area contributed by atoms with E-state index < -0.39 is 11.9 Å². The Morgan fingerprint density at radius 1 is 0.654 bits per heavy atom. The van der Waals surface area contributed by atoms with Crippen molar-refractivity contribution >= 4 is 33.5 Å². The van der Waals surface area contributed by atoms with Gasteiger partial charge >= 0.3 is 11.9 Å². The number of rotatable bonds is 7. The number of hydrogen-bond acceptors (Lipinski definition) is 6. The molecule has 0 unspecified atom stereocenters. The van der Waals surface area contributed by atoms with E-state index in [1.54, 1.807) is 82.3 Å². The maximum absolute atomic E-state index is 10.2. The zero-order chi connectivity index (χ0) is 19.6. The summed E-state index contributed by atoms with van der Waals surface area (Å²) in [4.78, 5) is 20.4. The number of aliphatic hydroxyl groups excluding tert-OH is 2. The second kappa shape index (κ2) is 16.5. The van der Waals surface area contributed by atoms with E-state index in [9.17, 15) is 9.59 Å². The van der Waals surface area contributed by atoms with E-state index in [2.05, 4.69) is 0 Å². The topological polar surface area (TPSA) is 115 Å². The van der Waals surface area contributed by atoms with Crippen molar-refractivity contribution in [2.45, 2.75) is 0 Å². The molecule has 0 saturated heterocycles. The molecule has 142 valence electrons. The van der Waals surface area contributed by atoms with Gasteiger partial charge in [-0.25, -0.2) is 9.59 Å². The van der Waals surface area contributed by atoms with Crippen LogP contribution in [0.3, 0.4) is 0 Å². The van der Waals surface area contributed by atoms with Gasteiger partial charge in [0.1, 0.15) is 0 Å². The van der Waals surface area contributed by atoms with E-state index in [4.69, 9.17) is 20.4 Å². The molecule has 0 amide bonds. The van der Waals surface area contributed by atoms with Crippen LogP contribution >= 0.6 is 21.6 Å². The number of hydrogen-bond donors (Lipinski definition) is 4. The minimum atomic E-state index is -0.879. The first kappa shape index (κ1) is 24.0. The van der Waals surface area contributed by atoms with Crippen LogP contribution in [0, 0.1) is 0 Å². The first-order chi connectivity index (χ1) is 12.5. The lowest BCUT2D eigenvalue weighted by Crippen LogP contribution is -1.93. The van der Waals surface area contributed by atoms with Crippen molar-refractivity contribution in [1.82, 2.24) is 0 Å². The second-order valence-electron chi connectivity index (χ2n) is 4.43. The SMILES string of the molecule is O=C(O)c1ccccc1.O=C(O)c1ccccc1.OCCSSCCO. The molecule has 26 heavy (non-hydrogen) atoms. The second-order valence-corrected chi connectivity index (χ2v) is 7.14. The minimum absolute atomic E-state index is 0.225. The van der Waals surface area contributed by atoms with Crippen LogP contribution in [0.5, 0.6) is 0 Å². The summed E-state index contributed by atoms with van der Waals surface area (Å²) in [5, 5.41) is 33.3. The fourth-order valence-electron chi connectivity index (χ4n) is 1.35. The number of benzene rings is 2. The molecule has 0 spiro atoms. The van der Waals surface area contributed by atoms with Crippen LogP contribution in [0.1, 0.15) is 20.7 Å². The molecule has 0 aliphatic rings. The van der Waals surface area contributed by atoms with Crippen LogP contribution in [-0.2, 0) is 0 Å². The van der Waals surface area contributed by atoms with Gasteiger partial charge < -0.3 is 20.4 Å². The summed E-state index contributed by atoms with van der Waals surface area (Å²) in [6.07, 6.45) is 0. The van der Waals surface area contributed by atoms with Gasteiger partial charge in [0.15, 0.2) is 0 Å². The van der Waals surface area contributed by atoms with Crippen LogP contribution in [0.4, 0.5) is 0 Å². The summed E-state index contributed by atoms with van der Waals surface area (Å²) >= 11 is 0. The Bertz CT molecular complexity index is 552. The summed E-state index contributed by atoms with van der Waals surface area (Å²) in [7, 11) is 3.17. The summed E-state index contributed by atoms with van der Waals surface area (Å²) in [5.41, 5.74) is 0.662. The zero-order valence-corrected chi connectivity index (χ0v) is 15.7. The zero-order valence-electron chi connectivity index (χ0n) is 14.0. The van der Waals surface area contributed by atoms with Gasteiger partial charge in [0, 0.05) is 11.5 Å². The number of carboxylic acid groups (broad SMARTS) is 2. The van der Waals surface area contributed by atoms with Crippen molar-refractivity contribution in [2.24, 2.45) is 0 Å². The van der Waals surface area contributed by atoms with Gasteiger partial charge in [-0.3, -0.25) is 0 Å². The number of carbonyl (C=O) groups is 2. The first-order valence-electron chi connectivity index (χ1n) is 7.55. The molecule has 0 saturated carbocycles. The van der Waals surface area contributed by atoms with Gasteiger partial charge in [-0.1, -0.05) is 58.0 Å². The molecule has 6 nitrogen and oxygen atoms in total. The van der Waals surface area contributed by atoms with E-state index in [0.717, 1.165) is 11.5 Å². The molecule has 2 rings (SSSR count). The van der Waals surface area contributed by atoms with Crippen LogP contribution in [0.15, 0.2) is 60.7 Å². The van der Waals surface area contributed by atoms with Gasteiger partial charge in [0.2, 0.25) is 0 Å². The molecule has 0 aliphatic heterocycles. The third kappa shape index (κ3) is 13.3. The first-order valence-corrected chi connectivity index (χ1v) is 10.0. The van der Waals surface area contributed by atoms with Crippen LogP contribution in [0.2, 0.25) is 0 Å². The Balaban J connectivity index is 0.000000362. The average Bonchev–Trinajstić information content (AvgIpc) is 2.68. The summed E-state index contributed by atoms with van der Waals surface area (Å²) in [5.74, 6) is -0.249. The predicted molar refractivity (Wildman–Crippen MR) is 106 cm³/mol. The van der Waals surface area contributed by atoms with E-state index in [1.165, 1.54) is 0 Å². The number of aliphatic hydroxyl groups is 2. The lowest BCUT2D eigenvalue weighted by Gasteiger charge is -1.93. The fourth-order valence-corrected chi connectivity index (χ4v) is 2.89. The smallest absolute Gasteiger partial charge is 0.335 e. The maximum Gasteiger partial charge on any atom is 0.335 e. The van der Waals surface area contributed by atoms with Gasteiger partial charge in [0.25, 0.3) is 0 Å². The highest BCUT2D eigenvalue weighted by Gasteiger charge is 1.97. The predicted octanol–water partition coefficient (Wildman–Crippen LogP) is 3.12. The largest absolute Gasteiger partial charge is 0.478 e. The molecular formula is C18H22O6S2. The van der Waals surface area contributed by atoms with E-state index in [0.29, 0.717) is 11.1 Å². The Kier molecular flexibility index (Phi) is 15.2. The molecule has 0 heterocycles. The lowest BCUT2D eigenvalue weighted by atomic mass is 10.2. The Hall–Kier alpha value is -2.00. The van der Waals surface area contributed by atoms with Crippen molar-refractivity contribution in [2.75, 3.05) is 24.7 Å². The highest BCUT2D eigenvalue weighted by molar-refractivity contribution is 8.76. The van der Waals surface area contributed by atoms with Gasteiger partial charge in [-0.2, -0.15) is 0 Å². The standard InChI is InChI=1S/2C7H6O2.C4H10O2S2/c2*8-7(9)6-4-2-1-3-5-6;5-1-3-7-8-4-2-6/h2*1-5H,(H,8,9);5-6H,1-4H2. The quantitative estimate of drug-likeness (QED) is 0.415. The molecule has 0 radical (unpaired) electrons. The third-order valence-corrected chi connectivity index (χ3v) is 4.84. The lowest BCUT2D eigenvalue weighted by molar-refractivity contribution is 0.0686. The highest BCUT2D eigenvalue weighted by Crippen LogP contribution is 2.18. The molecule has 2 aromatic rings. The van der Waals surface area contributed by atoms with E-state index in [1.807, 2.05) is 0 Å². The fraction of sp³-hybridized carbons (Fsp3) is 0.222. The highest BCUT2D eigenvalue weighted by atomic mass is 33.1. The van der Waals surface area contributed by atoms with Crippen molar-refractivity contribution in [1.29, 1.82) is 0 Å². The summed E-state index contributed by atoms with van der Waals surface area (Å²) < 4.78 is 0. The van der Waals surface area contributed by atoms with Crippen LogP contribution in [-0.4, -0.2) is 57.1 Å². The number of carboxylic acids is 2. The summed E-state index contributed by atoms with van der Waals surface area (Å²) in [6, 6.07) is 16.6. The molecular weight excluding hydrogens is 376 g/mol. The monoisotopic (exact) mass is 398 g/mol. The molecule has 0 atom stereocenters. The van der Waals surface area contributed by atoms with Crippen LogP contribution < -0.4 is 0 Å². The minimum Gasteiger partial charge on any atom is -0.478 e. The van der Waals surface area contributed by atoms with Gasteiger partial charge in [0.05, 0.1) is 24.3 Å². The third-order valence-electron chi connectivity index (χ3n) is 2.47. The van der Waals surface area contributed by atoms with Crippen molar-refractivity contribution in [3.8, 4) is 0 Å². The Morgan fingerprint density at radius 3 is 1.15 bits per heavy atom.